The SMILES string of the molecule is CCOC1C[C@@]2(CO1)C[C@]1(O)C[C@H]3[C@H](COCOC)[C@@H](COCc4ccccc4)[C@@H]1[C@@]21OC(C)(C)O[C@H]31. The minimum atomic E-state index is -0.881. The molecular weight excluding hydrogens is 476 g/mol. The average molecular weight is 519 g/mol. The molecule has 1 unspecified atom stereocenters. The Kier molecular flexibility index (Phi) is 6.73. The molecule has 2 saturated heterocycles. The second-order valence-corrected chi connectivity index (χ2v) is 12.2. The summed E-state index contributed by atoms with van der Waals surface area (Å²) in [7, 11) is 1.64. The smallest absolute Gasteiger partial charge is 0.164 e. The Morgan fingerprint density at radius 3 is 2.59 bits per heavy atom. The van der Waals surface area contributed by atoms with Crippen LogP contribution >= 0.6 is 0 Å². The number of hydrogen-bond acceptors (Lipinski definition) is 8. The van der Waals surface area contributed by atoms with E-state index in [-0.39, 0.29) is 48.3 Å². The molecular formula is C29H42O8. The van der Waals surface area contributed by atoms with E-state index in [1.807, 2.05) is 39.0 Å². The largest absolute Gasteiger partial charge is 0.389 e. The highest BCUT2D eigenvalue weighted by Crippen LogP contribution is 2.76. The van der Waals surface area contributed by atoms with E-state index >= 15 is 0 Å². The molecule has 6 fully saturated rings. The molecule has 8 nitrogen and oxygen atoms in total. The van der Waals surface area contributed by atoms with E-state index in [0.29, 0.717) is 52.3 Å². The maximum Gasteiger partial charge on any atom is 0.164 e. The Morgan fingerprint density at radius 1 is 1.05 bits per heavy atom. The third-order valence-electron chi connectivity index (χ3n) is 9.66. The van der Waals surface area contributed by atoms with Crippen LogP contribution in [0.1, 0.15) is 45.6 Å². The number of hydrogen-bond donors (Lipinski definition) is 1. The Bertz CT molecular complexity index is 956. The van der Waals surface area contributed by atoms with E-state index < -0.39 is 17.0 Å². The van der Waals surface area contributed by atoms with Gasteiger partial charge in [-0.3, -0.25) is 0 Å². The molecule has 8 heteroatoms. The zero-order valence-corrected chi connectivity index (χ0v) is 22.5. The maximum absolute atomic E-state index is 12.4. The average Bonchev–Trinajstić information content (AvgIpc) is 3.45. The number of methoxy groups -OCH3 is 1. The Morgan fingerprint density at radius 2 is 1.84 bits per heavy atom. The second kappa shape index (κ2) is 9.52. The van der Waals surface area contributed by atoms with E-state index in [4.69, 9.17) is 33.2 Å². The summed E-state index contributed by atoms with van der Waals surface area (Å²) in [6.07, 6.45) is 1.55. The van der Waals surface area contributed by atoms with Gasteiger partial charge in [0, 0.05) is 31.5 Å². The fourth-order valence-electron chi connectivity index (χ4n) is 8.87. The van der Waals surface area contributed by atoms with Crippen LogP contribution in [0.15, 0.2) is 30.3 Å². The van der Waals surface area contributed by atoms with Gasteiger partial charge in [-0.15, -0.1) is 0 Å². The van der Waals surface area contributed by atoms with Gasteiger partial charge in [0.25, 0.3) is 0 Å². The zero-order chi connectivity index (χ0) is 25.9. The second-order valence-electron chi connectivity index (χ2n) is 12.2. The summed E-state index contributed by atoms with van der Waals surface area (Å²) in [5.74, 6) is -0.640. The zero-order valence-electron chi connectivity index (χ0n) is 22.5. The third kappa shape index (κ3) is 4.02. The van der Waals surface area contributed by atoms with Gasteiger partial charge < -0.3 is 38.3 Å². The van der Waals surface area contributed by atoms with E-state index in [1.165, 1.54) is 0 Å². The molecule has 0 aromatic heterocycles. The Hall–Kier alpha value is -1.10. The molecule has 0 amide bonds. The highest BCUT2D eigenvalue weighted by Gasteiger charge is 2.85. The molecule has 0 radical (unpaired) electrons. The van der Waals surface area contributed by atoms with Crippen molar-refractivity contribution in [2.45, 2.75) is 76.0 Å². The van der Waals surface area contributed by atoms with Gasteiger partial charge in [-0.25, -0.2) is 0 Å². The summed E-state index contributed by atoms with van der Waals surface area (Å²) < 4.78 is 43.4. The van der Waals surface area contributed by atoms with Crippen LogP contribution in [0.5, 0.6) is 0 Å². The number of rotatable bonds is 10. The van der Waals surface area contributed by atoms with Gasteiger partial charge in [0.2, 0.25) is 0 Å². The number of ether oxygens (including phenoxy) is 7. The van der Waals surface area contributed by atoms with Crippen molar-refractivity contribution >= 4 is 0 Å². The normalized spacial score (nSPS) is 45.1. The first-order valence-corrected chi connectivity index (χ1v) is 13.8. The van der Waals surface area contributed by atoms with E-state index in [2.05, 4.69) is 12.1 Å². The summed E-state index contributed by atoms with van der Waals surface area (Å²) in [5.41, 5.74) is -0.794. The molecule has 2 aliphatic heterocycles. The van der Waals surface area contributed by atoms with Crippen LogP contribution in [0.25, 0.3) is 0 Å². The predicted molar refractivity (Wildman–Crippen MR) is 133 cm³/mol. The number of aliphatic hydroxyl groups is 1. The van der Waals surface area contributed by atoms with Gasteiger partial charge >= 0.3 is 0 Å². The number of benzene rings is 1. The van der Waals surface area contributed by atoms with E-state index in [9.17, 15) is 5.11 Å². The van der Waals surface area contributed by atoms with Crippen molar-refractivity contribution in [1.82, 2.24) is 0 Å². The van der Waals surface area contributed by atoms with Gasteiger partial charge in [-0.1, -0.05) is 30.3 Å². The summed E-state index contributed by atoms with van der Waals surface area (Å²) in [6.45, 7) is 8.89. The fourth-order valence-corrected chi connectivity index (χ4v) is 8.87. The van der Waals surface area contributed by atoms with Crippen molar-refractivity contribution in [1.29, 1.82) is 0 Å². The lowest BCUT2D eigenvalue weighted by Crippen LogP contribution is -2.72. The minimum absolute atomic E-state index is 0.0450. The quantitative estimate of drug-likeness (QED) is 0.372. The highest BCUT2D eigenvalue weighted by atomic mass is 16.8. The van der Waals surface area contributed by atoms with E-state index in [1.54, 1.807) is 7.11 Å². The van der Waals surface area contributed by atoms with Gasteiger partial charge in [-0.05, 0) is 56.9 Å². The molecule has 4 aliphatic carbocycles. The van der Waals surface area contributed by atoms with Crippen molar-refractivity contribution < 1.29 is 38.3 Å². The molecule has 37 heavy (non-hydrogen) atoms. The maximum atomic E-state index is 12.4. The molecule has 2 heterocycles. The van der Waals surface area contributed by atoms with Crippen molar-refractivity contribution in [3.05, 3.63) is 35.9 Å². The van der Waals surface area contributed by atoms with E-state index in [0.717, 1.165) is 5.56 Å². The minimum Gasteiger partial charge on any atom is -0.389 e. The Balaban J connectivity index is 1.36. The van der Waals surface area contributed by atoms with Crippen molar-refractivity contribution in [2.75, 3.05) is 40.3 Å². The molecule has 1 aromatic carbocycles. The lowest BCUT2D eigenvalue weighted by atomic mass is 9.47. The van der Waals surface area contributed by atoms with Crippen LogP contribution in [0, 0.1) is 29.1 Å². The van der Waals surface area contributed by atoms with Gasteiger partial charge in [0.05, 0.1) is 38.1 Å². The molecule has 1 N–H and O–H groups in total. The molecule has 9 atom stereocenters. The lowest BCUT2D eigenvalue weighted by Gasteiger charge is -2.62. The standard InChI is InChI=1S/C29H42O8/c1-5-34-23-12-27(17-35-23)16-28(30)11-20-21(14-33-18-31-4)22(15-32-13-19-9-7-6-8-10-19)24(28)29(27)25(20)36-26(2,3)37-29/h6-10,20-25,30H,5,11-18H2,1-4H3/t20-,21-,22+,23?,24-,25+,27-,28+,29-/m0/s1. The summed E-state index contributed by atoms with van der Waals surface area (Å²) in [4.78, 5) is 0. The molecule has 4 bridgehead atoms. The van der Waals surface area contributed by atoms with Gasteiger partial charge in [0.1, 0.15) is 12.4 Å². The molecule has 1 aromatic rings. The van der Waals surface area contributed by atoms with Crippen LogP contribution in [0.3, 0.4) is 0 Å². The lowest BCUT2D eigenvalue weighted by molar-refractivity contribution is -0.259. The van der Waals surface area contributed by atoms with Gasteiger partial charge in [-0.2, -0.15) is 0 Å². The number of fused-ring (bicyclic) bond motifs is 1. The van der Waals surface area contributed by atoms with Crippen molar-refractivity contribution in [3.8, 4) is 0 Å². The third-order valence-corrected chi connectivity index (χ3v) is 9.66. The summed E-state index contributed by atoms with van der Waals surface area (Å²) >= 11 is 0. The first kappa shape index (κ1) is 26.1. The van der Waals surface area contributed by atoms with Crippen LogP contribution in [0.2, 0.25) is 0 Å². The predicted octanol–water partition coefficient (Wildman–Crippen LogP) is 3.50. The van der Waals surface area contributed by atoms with Crippen molar-refractivity contribution in [3.63, 3.8) is 0 Å². The van der Waals surface area contributed by atoms with Crippen LogP contribution in [0.4, 0.5) is 0 Å². The van der Waals surface area contributed by atoms with Crippen LogP contribution < -0.4 is 0 Å². The molecule has 206 valence electrons. The fraction of sp³-hybridized carbons (Fsp3) is 0.793. The monoisotopic (exact) mass is 518 g/mol. The first-order chi connectivity index (χ1) is 17.8. The summed E-state index contributed by atoms with van der Waals surface area (Å²) in [5, 5.41) is 12.4. The topological polar surface area (TPSA) is 84.8 Å². The van der Waals surface area contributed by atoms with Crippen LogP contribution in [-0.4, -0.2) is 74.8 Å². The summed E-state index contributed by atoms with van der Waals surface area (Å²) in [6, 6.07) is 10.2. The Labute approximate surface area is 219 Å². The van der Waals surface area contributed by atoms with Gasteiger partial charge in [0.15, 0.2) is 12.1 Å². The van der Waals surface area contributed by atoms with Crippen molar-refractivity contribution in [2.24, 2.45) is 29.1 Å². The molecule has 6 aliphatic rings. The van der Waals surface area contributed by atoms with Crippen LogP contribution in [-0.2, 0) is 39.8 Å². The molecule has 4 saturated carbocycles. The molecule has 7 rings (SSSR count). The molecule has 2 spiro atoms. The highest BCUT2D eigenvalue weighted by molar-refractivity contribution is 5.33. The first-order valence-electron chi connectivity index (χ1n) is 13.8.